The molecule has 0 aliphatic rings. The van der Waals surface area contributed by atoms with Gasteiger partial charge < -0.3 is 15.6 Å². The number of nitrogens with one attached hydrogen (secondary N) is 1. The van der Waals surface area contributed by atoms with E-state index < -0.39 is 0 Å². The fourth-order valence-corrected chi connectivity index (χ4v) is 1.76. The molecule has 0 bridgehead atoms. The average Bonchev–Trinajstić information content (AvgIpc) is 2.72. The van der Waals surface area contributed by atoms with E-state index in [1.165, 1.54) is 0 Å². The van der Waals surface area contributed by atoms with Crippen LogP contribution in [0.5, 0.6) is 0 Å². The third kappa shape index (κ3) is 2.31. The predicted octanol–water partition coefficient (Wildman–Crippen LogP) is 1.89. The first-order valence-electron chi connectivity index (χ1n) is 5.61. The molecular weight excluding hydrogens is 214 g/mol. The minimum Gasteiger partial charge on any atom is -0.399 e. The van der Waals surface area contributed by atoms with Gasteiger partial charge in [0.2, 0.25) is 5.95 Å². The number of anilines is 2. The minimum absolute atomic E-state index is 0.493. The van der Waals surface area contributed by atoms with Gasteiger partial charge in [-0.2, -0.15) is 5.26 Å². The summed E-state index contributed by atoms with van der Waals surface area (Å²) in [5.41, 5.74) is 8.25. The molecule has 1 heterocycles. The number of nitrogens with zero attached hydrogens (tertiary/aromatic N) is 3. The van der Waals surface area contributed by atoms with Crippen LogP contribution in [-0.2, 0) is 0 Å². The van der Waals surface area contributed by atoms with Gasteiger partial charge in [0.25, 0.3) is 0 Å². The van der Waals surface area contributed by atoms with Crippen LogP contribution < -0.4 is 10.6 Å². The molecule has 0 unspecified atom stereocenters. The van der Waals surface area contributed by atoms with Gasteiger partial charge >= 0.3 is 0 Å². The number of rotatable bonds is 4. The number of imidazole rings is 1. The summed E-state index contributed by atoms with van der Waals surface area (Å²) < 4.78 is 0. The van der Waals surface area contributed by atoms with Crippen molar-refractivity contribution >= 4 is 22.7 Å². The Morgan fingerprint density at radius 3 is 3.06 bits per heavy atom. The van der Waals surface area contributed by atoms with E-state index >= 15 is 0 Å². The summed E-state index contributed by atoms with van der Waals surface area (Å²) in [4.78, 5) is 9.75. The highest BCUT2D eigenvalue weighted by Gasteiger charge is 2.09. The van der Waals surface area contributed by atoms with E-state index in [0.29, 0.717) is 18.7 Å². The zero-order chi connectivity index (χ0) is 12.3. The summed E-state index contributed by atoms with van der Waals surface area (Å²) in [6, 6.07) is 7.73. The molecule has 2 aromatic rings. The van der Waals surface area contributed by atoms with E-state index in [9.17, 15) is 0 Å². The van der Waals surface area contributed by atoms with Gasteiger partial charge in [0.05, 0.1) is 23.5 Å². The third-order valence-corrected chi connectivity index (χ3v) is 2.67. The molecule has 17 heavy (non-hydrogen) atoms. The molecule has 1 aromatic carbocycles. The number of nitriles is 1. The van der Waals surface area contributed by atoms with Crippen molar-refractivity contribution in [3.8, 4) is 6.07 Å². The smallest absolute Gasteiger partial charge is 0.203 e. The highest BCUT2D eigenvalue weighted by Crippen LogP contribution is 2.19. The fraction of sp³-hybridized carbons (Fsp3) is 0.333. The lowest BCUT2D eigenvalue weighted by molar-refractivity contribution is 0.801. The monoisotopic (exact) mass is 229 g/mol. The van der Waals surface area contributed by atoms with Gasteiger partial charge in [-0.15, -0.1) is 0 Å². The molecule has 3 N–H and O–H groups in total. The minimum atomic E-state index is 0.493. The lowest BCUT2D eigenvalue weighted by Gasteiger charge is -2.17. The van der Waals surface area contributed by atoms with Crippen LogP contribution in [0.1, 0.15) is 13.3 Å². The van der Waals surface area contributed by atoms with Crippen LogP contribution in [0.2, 0.25) is 0 Å². The normalized spacial score (nSPS) is 10.4. The van der Waals surface area contributed by atoms with Crippen LogP contribution >= 0.6 is 0 Å². The summed E-state index contributed by atoms with van der Waals surface area (Å²) in [5, 5.41) is 8.61. The number of benzene rings is 1. The quantitative estimate of drug-likeness (QED) is 0.784. The Hall–Kier alpha value is -2.22. The van der Waals surface area contributed by atoms with Crippen molar-refractivity contribution in [1.29, 1.82) is 5.26 Å². The second kappa shape index (κ2) is 4.74. The second-order valence-electron chi connectivity index (χ2n) is 3.82. The van der Waals surface area contributed by atoms with Crippen molar-refractivity contribution in [2.75, 3.05) is 23.7 Å². The Bertz CT molecular complexity index is 552. The number of hydrogen-bond acceptors (Lipinski definition) is 4. The Morgan fingerprint density at radius 2 is 2.35 bits per heavy atom. The lowest BCUT2D eigenvalue weighted by atomic mass is 10.3. The predicted molar refractivity (Wildman–Crippen MR) is 68.6 cm³/mol. The van der Waals surface area contributed by atoms with Crippen LogP contribution in [0.3, 0.4) is 0 Å². The molecule has 0 atom stereocenters. The first-order chi connectivity index (χ1) is 8.24. The first-order valence-corrected chi connectivity index (χ1v) is 5.61. The second-order valence-corrected chi connectivity index (χ2v) is 3.82. The van der Waals surface area contributed by atoms with Crippen LogP contribution in [0.4, 0.5) is 11.6 Å². The molecule has 88 valence electrons. The van der Waals surface area contributed by atoms with Crippen molar-refractivity contribution in [3.63, 3.8) is 0 Å². The molecule has 5 nitrogen and oxygen atoms in total. The highest BCUT2D eigenvalue weighted by atomic mass is 15.3. The maximum Gasteiger partial charge on any atom is 0.203 e. The van der Waals surface area contributed by atoms with Gasteiger partial charge in [-0.3, -0.25) is 0 Å². The third-order valence-electron chi connectivity index (χ3n) is 2.67. The van der Waals surface area contributed by atoms with E-state index in [2.05, 4.69) is 16.0 Å². The largest absolute Gasteiger partial charge is 0.399 e. The van der Waals surface area contributed by atoms with Crippen LogP contribution in [0.15, 0.2) is 18.2 Å². The number of aromatic nitrogens is 2. The van der Waals surface area contributed by atoms with Crippen molar-refractivity contribution in [2.24, 2.45) is 0 Å². The SMILES string of the molecule is CCN(CCC#N)c1nc2ccc(N)cc2[nH]1. The van der Waals surface area contributed by atoms with Crippen molar-refractivity contribution in [2.45, 2.75) is 13.3 Å². The van der Waals surface area contributed by atoms with E-state index in [0.717, 1.165) is 23.5 Å². The summed E-state index contributed by atoms with van der Waals surface area (Å²) in [7, 11) is 0. The van der Waals surface area contributed by atoms with Gasteiger partial charge in [-0.25, -0.2) is 4.98 Å². The zero-order valence-corrected chi connectivity index (χ0v) is 9.77. The number of nitrogen functional groups attached to an aromatic ring is 1. The summed E-state index contributed by atoms with van der Waals surface area (Å²) in [6.07, 6.45) is 0.493. The summed E-state index contributed by atoms with van der Waals surface area (Å²) >= 11 is 0. The van der Waals surface area contributed by atoms with Gasteiger partial charge in [0.1, 0.15) is 0 Å². The van der Waals surface area contributed by atoms with Crippen LogP contribution in [0.25, 0.3) is 11.0 Å². The van der Waals surface area contributed by atoms with E-state index in [-0.39, 0.29) is 0 Å². The molecule has 0 aliphatic carbocycles. The number of nitrogens with two attached hydrogens (primary N) is 1. The molecule has 0 saturated carbocycles. The molecule has 0 amide bonds. The van der Waals surface area contributed by atoms with Crippen molar-refractivity contribution in [1.82, 2.24) is 9.97 Å². The molecule has 0 saturated heterocycles. The molecule has 0 fully saturated rings. The standard InChI is InChI=1S/C12H15N5/c1-2-17(7-3-6-13)12-15-10-5-4-9(14)8-11(10)16-12/h4-5,8H,2-3,7,14H2,1H3,(H,15,16). The van der Waals surface area contributed by atoms with E-state index in [1.54, 1.807) is 0 Å². The van der Waals surface area contributed by atoms with Gasteiger partial charge in [-0.05, 0) is 25.1 Å². The average molecular weight is 229 g/mol. The van der Waals surface area contributed by atoms with Gasteiger partial charge in [0.15, 0.2) is 0 Å². The lowest BCUT2D eigenvalue weighted by Crippen LogP contribution is -2.24. The van der Waals surface area contributed by atoms with Crippen molar-refractivity contribution in [3.05, 3.63) is 18.2 Å². The molecule has 2 rings (SSSR count). The molecule has 1 aromatic heterocycles. The Balaban J connectivity index is 2.31. The topological polar surface area (TPSA) is 81.7 Å². The highest BCUT2D eigenvalue weighted by molar-refractivity contribution is 5.80. The molecule has 0 aliphatic heterocycles. The summed E-state index contributed by atoms with van der Waals surface area (Å²) in [6.45, 7) is 3.54. The number of H-pyrrole nitrogens is 1. The maximum atomic E-state index is 8.61. The number of fused-ring (bicyclic) bond motifs is 1. The van der Waals surface area contributed by atoms with Crippen LogP contribution in [-0.4, -0.2) is 23.1 Å². The van der Waals surface area contributed by atoms with Gasteiger partial charge in [0, 0.05) is 18.8 Å². The molecular formula is C12H15N5. The maximum absolute atomic E-state index is 8.61. The summed E-state index contributed by atoms with van der Waals surface area (Å²) in [5.74, 6) is 0.795. The fourth-order valence-electron chi connectivity index (χ4n) is 1.76. The molecule has 0 radical (unpaired) electrons. The van der Waals surface area contributed by atoms with E-state index in [4.69, 9.17) is 11.0 Å². The molecule has 0 spiro atoms. The number of hydrogen-bond donors (Lipinski definition) is 2. The van der Waals surface area contributed by atoms with Crippen LogP contribution in [0, 0.1) is 11.3 Å². The number of aromatic amines is 1. The Kier molecular flexibility index (Phi) is 3.15. The molecule has 5 heteroatoms. The Labute approximate surface area is 99.9 Å². The van der Waals surface area contributed by atoms with Gasteiger partial charge in [-0.1, -0.05) is 0 Å². The van der Waals surface area contributed by atoms with E-state index in [1.807, 2.05) is 30.0 Å². The Morgan fingerprint density at radius 1 is 1.53 bits per heavy atom. The zero-order valence-electron chi connectivity index (χ0n) is 9.77. The first kappa shape index (κ1) is 11.3. The van der Waals surface area contributed by atoms with Crippen molar-refractivity contribution < 1.29 is 0 Å².